The van der Waals surface area contributed by atoms with E-state index < -0.39 is 28.8 Å². The third-order valence-electron chi connectivity index (χ3n) is 4.81. The topological polar surface area (TPSA) is 58.6 Å². The number of hydrogen-bond donors (Lipinski definition) is 1. The number of fused-ring (bicyclic) bond motifs is 2. The molecule has 142 valence electrons. The fraction of sp³-hybridized carbons (Fsp3) is 0.556. The molecule has 2 amide bonds. The largest absolute Gasteiger partial charge is 0.444 e. The standard InChI is InChI=1S/C18H21F3N2O3/c1-16(2,3)26-15(25)23-8-6-17(7-9-23)12-10-11(18(19,20)21)4-5-13(12)22-14(17)24/h4-5,10H,6-9H2,1-3H3,(H,22,24). The van der Waals surface area contributed by atoms with Gasteiger partial charge in [-0.1, -0.05) is 0 Å². The van der Waals surface area contributed by atoms with Crippen molar-refractivity contribution in [2.24, 2.45) is 0 Å². The molecule has 0 radical (unpaired) electrons. The SMILES string of the molecule is CC(C)(C)OC(=O)N1CCC2(CC1)C(=O)Nc1ccc(C(F)(F)F)cc12. The number of piperidine rings is 1. The average Bonchev–Trinajstić information content (AvgIpc) is 2.77. The van der Waals surface area contributed by atoms with Gasteiger partial charge < -0.3 is 15.0 Å². The van der Waals surface area contributed by atoms with Crippen LogP contribution in [0.5, 0.6) is 0 Å². The van der Waals surface area contributed by atoms with E-state index in [4.69, 9.17) is 4.74 Å². The second-order valence-electron chi connectivity index (χ2n) is 7.76. The van der Waals surface area contributed by atoms with Crippen LogP contribution in [0.25, 0.3) is 0 Å². The van der Waals surface area contributed by atoms with Gasteiger partial charge in [0, 0.05) is 18.8 Å². The molecule has 0 saturated carbocycles. The number of nitrogens with zero attached hydrogens (tertiary/aromatic N) is 1. The summed E-state index contributed by atoms with van der Waals surface area (Å²) < 4.78 is 44.5. The maximum Gasteiger partial charge on any atom is 0.416 e. The minimum absolute atomic E-state index is 0.248. The Morgan fingerprint density at radius 3 is 2.35 bits per heavy atom. The van der Waals surface area contributed by atoms with E-state index in [2.05, 4.69) is 5.32 Å². The van der Waals surface area contributed by atoms with Crippen molar-refractivity contribution < 1.29 is 27.5 Å². The lowest BCUT2D eigenvalue weighted by Gasteiger charge is -2.38. The number of carbonyl (C=O) groups is 2. The summed E-state index contributed by atoms with van der Waals surface area (Å²) in [5.41, 5.74) is -1.67. The highest BCUT2D eigenvalue weighted by Gasteiger charge is 2.50. The summed E-state index contributed by atoms with van der Waals surface area (Å²) in [6.07, 6.45) is -4.44. The lowest BCUT2D eigenvalue weighted by molar-refractivity contribution is -0.137. The summed E-state index contributed by atoms with van der Waals surface area (Å²) in [5, 5.41) is 2.68. The lowest BCUT2D eigenvalue weighted by atomic mass is 9.73. The van der Waals surface area contributed by atoms with Crippen LogP contribution in [-0.2, 0) is 21.1 Å². The van der Waals surface area contributed by atoms with Crippen molar-refractivity contribution in [2.45, 2.75) is 50.8 Å². The first-order valence-electron chi connectivity index (χ1n) is 8.43. The zero-order chi connectivity index (χ0) is 19.3. The first-order valence-corrected chi connectivity index (χ1v) is 8.43. The van der Waals surface area contributed by atoms with Crippen LogP contribution >= 0.6 is 0 Å². The van der Waals surface area contributed by atoms with Crippen molar-refractivity contribution in [3.05, 3.63) is 29.3 Å². The minimum Gasteiger partial charge on any atom is -0.444 e. The predicted octanol–water partition coefficient (Wildman–Crippen LogP) is 3.93. The van der Waals surface area contributed by atoms with Gasteiger partial charge in [-0.25, -0.2) is 4.79 Å². The van der Waals surface area contributed by atoms with Crippen molar-refractivity contribution in [3.63, 3.8) is 0 Å². The molecule has 0 atom stereocenters. The van der Waals surface area contributed by atoms with Gasteiger partial charge in [0.25, 0.3) is 0 Å². The zero-order valence-corrected chi connectivity index (χ0v) is 14.9. The van der Waals surface area contributed by atoms with E-state index in [1.54, 1.807) is 20.8 Å². The number of amides is 2. The Balaban J connectivity index is 1.83. The summed E-state index contributed by atoms with van der Waals surface area (Å²) in [6.45, 7) is 5.77. The number of hydrogen-bond acceptors (Lipinski definition) is 3. The normalized spacial score (nSPS) is 19.3. The first kappa shape index (κ1) is 18.5. The molecule has 0 aliphatic carbocycles. The Bertz CT molecular complexity index is 745. The Morgan fingerprint density at radius 2 is 1.81 bits per heavy atom. The van der Waals surface area contributed by atoms with E-state index in [-0.39, 0.29) is 31.8 Å². The number of likely N-dealkylation sites (tertiary alicyclic amines) is 1. The van der Waals surface area contributed by atoms with Crippen molar-refractivity contribution >= 4 is 17.7 Å². The summed E-state index contributed by atoms with van der Waals surface area (Å²) in [6, 6.07) is 3.31. The first-order chi connectivity index (χ1) is 11.9. The van der Waals surface area contributed by atoms with Gasteiger partial charge in [-0.05, 0) is 57.4 Å². The molecule has 2 aliphatic rings. The van der Waals surface area contributed by atoms with E-state index >= 15 is 0 Å². The summed E-state index contributed by atoms with van der Waals surface area (Å²) in [5.74, 6) is -0.310. The average molecular weight is 370 g/mol. The van der Waals surface area contributed by atoms with Crippen LogP contribution in [0.1, 0.15) is 44.7 Å². The number of alkyl halides is 3. The Labute approximate surface area is 149 Å². The van der Waals surface area contributed by atoms with Crippen LogP contribution in [0.3, 0.4) is 0 Å². The summed E-state index contributed by atoms with van der Waals surface area (Å²) in [7, 11) is 0. The summed E-state index contributed by atoms with van der Waals surface area (Å²) in [4.78, 5) is 26.2. The van der Waals surface area contributed by atoms with Crippen LogP contribution in [0.15, 0.2) is 18.2 Å². The van der Waals surface area contributed by atoms with Crippen molar-refractivity contribution in [2.75, 3.05) is 18.4 Å². The second kappa shape index (κ2) is 5.89. The van der Waals surface area contributed by atoms with Gasteiger partial charge in [-0.3, -0.25) is 4.79 Å². The fourth-order valence-corrected chi connectivity index (χ4v) is 3.48. The molecule has 1 N–H and O–H groups in total. The van der Waals surface area contributed by atoms with Gasteiger partial charge in [0.2, 0.25) is 5.91 Å². The van der Waals surface area contributed by atoms with Gasteiger partial charge in [-0.2, -0.15) is 13.2 Å². The minimum atomic E-state index is -4.47. The van der Waals surface area contributed by atoms with Crippen molar-refractivity contribution in [1.82, 2.24) is 4.90 Å². The molecule has 0 unspecified atom stereocenters. The van der Waals surface area contributed by atoms with Crippen molar-refractivity contribution in [3.8, 4) is 0 Å². The van der Waals surface area contributed by atoms with Crippen LogP contribution < -0.4 is 5.32 Å². The molecule has 1 spiro atoms. The van der Waals surface area contributed by atoms with E-state index in [1.165, 1.54) is 11.0 Å². The molecule has 1 aromatic rings. The fourth-order valence-electron chi connectivity index (χ4n) is 3.48. The lowest BCUT2D eigenvalue weighted by Crippen LogP contribution is -2.49. The van der Waals surface area contributed by atoms with E-state index in [1.807, 2.05) is 0 Å². The molecule has 3 rings (SSSR count). The summed E-state index contributed by atoms with van der Waals surface area (Å²) >= 11 is 0. The number of ether oxygens (including phenoxy) is 1. The third-order valence-corrected chi connectivity index (χ3v) is 4.81. The molecule has 1 aromatic carbocycles. The van der Waals surface area contributed by atoms with Gasteiger partial charge >= 0.3 is 12.3 Å². The van der Waals surface area contributed by atoms with Gasteiger partial charge in [0.15, 0.2) is 0 Å². The number of anilines is 1. The number of nitrogens with one attached hydrogen (secondary N) is 1. The Morgan fingerprint density at radius 1 is 1.19 bits per heavy atom. The third kappa shape index (κ3) is 3.24. The quantitative estimate of drug-likeness (QED) is 0.753. The molecule has 0 aromatic heterocycles. The predicted molar refractivity (Wildman–Crippen MR) is 88.8 cm³/mol. The maximum absolute atomic E-state index is 13.1. The highest BCUT2D eigenvalue weighted by molar-refractivity contribution is 6.06. The smallest absolute Gasteiger partial charge is 0.416 e. The Hall–Kier alpha value is -2.25. The molecule has 5 nitrogen and oxygen atoms in total. The monoisotopic (exact) mass is 370 g/mol. The Kier molecular flexibility index (Phi) is 4.20. The van der Waals surface area contributed by atoms with Gasteiger partial charge in [0.05, 0.1) is 11.0 Å². The molecular formula is C18H21F3N2O3. The number of rotatable bonds is 0. The zero-order valence-electron chi connectivity index (χ0n) is 14.9. The van der Waals surface area contributed by atoms with E-state index in [0.717, 1.165) is 12.1 Å². The maximum atomic E-state index is 13.1. The molecule has 26 heavy (non-hydrogen) atoms. The number of benzene rings is 1. The van der Waals surface area contributed by atoms with Gasteiger partial charge in [0.1, 0.15) is 5.60 Å². The number of carbonyl (C=O) groups excluding carboxylic acids is 2. The molecule has 8 heteroatoms. The highest BCUT2D eigenvalue weighted by atomic mass is 19.4. The molecule has 2 heterocycles. The molecule has 2 aliphatic heterocycles. The molecular weight excluding hydrogens is 349 g/mol. The van der Waals surface area contributed by atoms with Crippen molar-refractivity contribution in [1.29, 1.82) is 0 Å². The molecule has 1 fully saturated rings. The molecule has 0 bridgehead atoms. The van der Waals surface area contributed by atoms with Crippen LogP contribution in [0, 0.1) is 0 Å². The molecule has 1 saturated heterocycles. The van der Waals surface area contributed by atoms with Gasteiger partial charge in [-0.15, -0.1) is 0 Å². The van der Waals surface area contributed by atoms with Crippen LogP contribution in [-0.4, -0.2) is 35.6 Å². The second-order valence-corrected chi connectivity index (χ2v) is 7.76. The van der Waals surface area contributed by atoms with Crippen LogP contribution in [0.2, 0.25) is 0 Å². The van der Waals surface area contributed by atoms with E-state index in [9.17, 15) is 22.8 Å². The van der Waals surface area contributed by atoms with Crippen LogP contribution in [0.4, 0.5) is 23.7 Å². The number of halogens is 3. The highest BCUT2D eigenvalue weighted by Crippen LogP contribution is 2.46. The van der Waals surface area contributed by atoms with E-state index in [0.29, 0.717) is 11.3 Å².